The van der Waals surface area contributed by atoms with Crippen molar-refractivity contribution in [2.75, 3.05) is 0 Å². The summed E-state index contributed by atoms with van der Waals surface area (Å²) < 4.78 is 0.978. The molecule has 0 amide bonds. The third-order valence-electron chi connectivity index (χ3n) is 2.83. The first kappa shape index (κ1) is 13.2. The average Bonchev–Trinajstić information content (AvgIpc) is 2.28. The third kappa shape index (κ3) is 2.60. The van der Waals surface area contributed by atoms with Crippen molar-refractivity contribution in [3.8, 4) is 11.4 Å². The molecule has 0 saturated heterocycles. The zero-order valence-electron chi connectivity index (χ0n) is 10.6. The number of rotatable bonds is 2. The Morgan fingerprint density at radius 1 is 1.28 bits per heavy atom. The predicted molar refractivity (Wildman–Crippen MR) is 75.3 cm³/mol. The number of hydrogen-bond acceptors (Lipinski definition) is 3. The van der Waals surface area contributed by atoms with Crippen LogP contribution in [0.3, 0.4) is 0 Å². The summed E-state index contributed by atoms with van der Waals surface area (Å²) in [4.78, 5) is 8.77. The van der Waals surface area contributed by atoms with Crippen LogP contribution in [-0.4, -0.2) is 15.1 Å². The molecule has 1 aromatic carbocycles. The Morgan fingerprint density at radius 2 is 2.00 bits per heavy atom. The molecule has 0 aliphatic rings. The number of hydrogen-bond donors (Lipinski definition) is 1. The minimum atomic E-state index is -0.541. The lowest BCUT2D eigenvalue weighted by Crippen LogP contribution is -2.01. The number of aliphatic hydroxyl groups is 1. The molecule has 0 radical (unpaired) electrons. The fourth-order valence-electron chi connectivity index (χ4n) is 1.82. The van der Waals surface area contributed by atoms with E-state index in [1.807, 2.05) is 32.0 Å². The minimum Gasteiger partial charge on any atom is -0.389 e. The molecule has 0 saturated carbocycles. The maximum atomic E-state index is 9.57. The molecular formula is C14H15BrN2O. The summed E-state index contributed by atoms with van der Waals surface area (Å²) in [6.45, 7) is 5.64. The number of aromatic nitrogens is 2. The monoisotopic (exact) mass is 306 g/mol. The van der Waals surface area contributed by atoms with E-state index in [0.717, 1.165) is 21.3 Å². The number of halogens is 1. The van der Waals surface area contributed by atoms with E-state index >= 15 is 0 Å². The minimum absolute atomic E-state index is 0.541. The Balaban J connectivity index is 2.49. The molecule has 0 fully saturated rings. The van der Waals surface area contributed by atoms with Crippen LogP contribution in [0.2, 0.25) is 0 Å². The quantitative estimate of drug-likeness (QED) is 0.922. The number of nitrogens with zero attached hydrogens (tertiary/aromatic N) is 2. The van der Waals surface area contributed by atoms with Gasteiger partial charge in [-0.15, -0.1) is 0 Å². The molecule has 2 aromatic rings. The number of benzene rings is 1. The van der Waals surface area contributed by atoms with E-state index in [4.69, 9.17) is 0 Å². The van der Waals surface area contributed by atoms with Crippen LogP contribution in [0.25, 0.3) is 11.4 Å². The van der Waals surface area contributed by atoms with Gasteiger partial charge in [-0.25, -0.2) is 9.97 Å². The van der Waals surface area contributed by atoms with E-state index in [0.29, 0.717) is 5.82 Å². The van der Waals surface area contributed by atoms with Crippen molar-refractivity contribution in [1.29, 1.82) is 0 Å². The molecule has 1 aromatic heterocycles. The van der Waals surface area contributed by atoms with Gasteiger partial charge in [0, 0.05) is 27.5 Å². The van der Waals surface area contributed by atoms with Gasteiger partial charge in [0.15, 0.2) is 5.82 Å². The van der Waals surface area contributed by atoms with Crippen LogP contribution >= 0.6 is 15.9 Å². The average molecular weight is 307 g/mol. The van der Waals surface area contributed by atoms with Gasteiger partial charge in [0.05, 0.1) is 6.10 Å². The van der Waals surface area contributed by atoms with E-state index in [1.165, 1.54) is 5.56 Å². The fraction of sp³-hybridized carbons (Fsp3) is 0.286. The standard InChI is InChI=1S/C14H15BrN2O/c1-8-4-5-11(13(15)6-8)14-16-7-12(10(3)18)9(2)17-14/h4-7,10,18H,1-3H3/t10-/m0/s1. The molecule has 94 valence electrons. The summed E-state index contributed by atoms with van der Waals surface area (Å²) in [5.41, 5.74) is 3.72. The normalized spacial score (nSPS) is 12.5. The van der Waals surface area contributed by atoms with E-state index in [9.17, 15) is 5.11 Å². The second-order valence-electron chi connectivity index (χ2n) is 4.39. The number of aryl methyl sites for hydroxylation is 2. The first-order chi connectivity index (χ1) is 8.49. The highest BCUT2D eigenvalue weighted by Gasteiger charge is 2.11. The van der Waals surface area contributed by atoms with Gasteiger partial charge in [0.1, 0.15) is 0 Å². The molecule has 0 bridgehead atoms. The Labute approximate surface area is 115 Å². The molecule has 1 N–H and O–H groups in total. The van der Waals surface area contributed by atoms with Crippen LogP contribution in [0.1, 0.15) is 29.8 Å². The third-order valence-corrected chi connectivity index (χ3v) is 3.49. The summed E-state index contributed by atoms with van der Waals surface area (Å²) in [5, 5.41) is 9.57. The zero-order chi connectivity index (χ0) is 13.3. The van der Waals surface area contributed by atoms with Gasteiger partial charge in [0.25, 0.3) is 0 Å². The largest absolute Gasteiger partial charge is 0.389 e. The predicted octanol–water partition coefficient (Wildman–Crippen LogP) is 3.58. The Hall–Kier alpha value is -1.26. The fourth-order valence-corrected chi connectivity index (χ4v) is 2.49. The SMILES string of the molecule is Cc1ccc(-c2ncc([C@H](C)O)c(C)n2)c(Br)c1. The van der Waals surface area contributed by atoms with E-state index in [2.05, 4.69) is 25.9 Å². The van der Waals surface area contributed by atoms with Gasteiger partial charge in [-0.1, -0.05) is 22.0 Å². The molecular weight excluding hydrogens is 292 g/mol. The van der Waals surface area contributed by atoms with Crippen LogP contribution < -0.4 is 0 Å². The second-order valence-corrected chi connectivity index (χ2v) is 5.25. The van der Waals surface area contributed by atoms with Crippen molar-refractivity contribution in [3.63, 3.8) is 0 Å². The highest BCUT2D eigenvalue weighted by molar-refractivity contribution is 9.10. The molecule has 0 aliphatic heterocycles. The van der Waals surface area contributed by atoms with Crippen molar-refractivity contribution >= 4 is 15.9 Å². The maximum absolute atomic E-state index is 9.57. The Kier molecular flexibility index (Phi) is 3.78. The van der Waals surface area contributed by atoms with E-state index < -0.39 is 6.10 Å². The molecule has 3 nitrogen and oxygen atoms in total. The van der Waals surface area contributed by atoms with Gasteiger partial charge < -0.3 is 5.11 Å². The van der Waals surface area contributed by atoms with Crippen LogP contribution in [0, 0.1) is 13.8 Å². The first-order valence-corrected chi connectivity index (χ1v) is 6.56. The second kappa shape index (κ2) is 5.16. The van der Waals surface area contributed by atoms with Crippen LogP contribution in [0.5, 0.6) is 0 Å². The van der Waals surface area contributed by atoms with E-state index in [-0.39, 0.29) is 0 Å². The van der Waals surface area contributed by atoms with Crippen molar-refractivity contribution in [2.45, 2.75) is 26.9 Å². The van der Waals surface area contributed by atoms with Gasteiger partial charge in [-0.3, -0.25) is 0 Å². The van der Waals surface area contributed by atoms with Crippen LogP contribution in [0.15, 0.2) is 28.9 Å². The lowest BCUT2D eigenvalue weighted by atomic mass is 10.1. The first-order valence-electron chi connectivity index (χ1n) is 5.77. The molecule has 4 heteroatoms. The Bertz CT molecular complexity index is 582. The van der Waals surface area contributed by atoms with Crippen molar-refractivity contribution in [3.05, 3.63) is 45.7 Å². The highest BCUT2D eigenvalue weighted by Crippen LogP contribution is 2.27. The zero-order valence-corrected chi connectivity index (χ0v) is 12.2. The smallest absolute Gasteiger partial charge is 0.160 e. The van der Waals surface area contributed by atoms with Crippen molar-refractivity contribution in [2.24, 2.45) is 0 Å². The van der Waals surface area contributed by atoms with Gasteiger partial charge >= 0.3 is 0 Å². The molecule has 0 aliphatic carbocycles. The topological polar surface area (TPSA) is 46.0 Å². The summed E-state index contributed by atoms with van der Waals surface area (Å²) in [6.07, 6.45) is 1.15. The van der Waals surface area contributed by atoms with Gasteiger partial charge in [0.2, 0.25) is 0 Å². The number of aliphatic hydroxyl groups excluding tert-OH is 1. The van der Waals surface area contributed by atoms with Crippen molar-refractivity contribution < 1.29 is 5.11 Å². The summed E-state index contributed by atoms with van der Waals surface area (Å²) in [7, 11) is 0. The lowest BCUT2D eigenvalue weighted by molar-refractivity contribution is 0.197. The summed E-state index contributed by atoms with van der Waals surface area (Å²) in [5.74, 6) is 0.670. The van der Waals surface area contributed by atoms with Crippen LogP contribution in [-0.2, 0) is 0 Å². The van der Waals surface area contributed by atoms with Gasteiger partial charge in [-0.05, 0) is 38.5 Å². The summed E-state index contributed by atoms with van der Waals surface area (Å²) in [6, 6.07) is 6.06. The van der Waals surface area contributed by atoms with Crippen LogP contribution in [0.4, 0.5) is 0 Å². The maximum Gasteiger partial charge on any atom is 0.160 e. The molecule has 1 heterocycles. The Morgan fingerprint density at radius 3 is 2.56 bits per heavy atom. The van der Waals surface area contributed by atoms with E-state index in [1.54, 1.807) is 13.1 Å². The molecule has 0 spiro atoms. The van der Waals surface area contributed by atoms with Gasteiger partial charge in [-0.2, -0.15) is 0 Å². The van der Waals surface area contributed by atoms with Crippen molar-refractivity contribution in [1.82, 2.24) is 9.97 Å². The highest BCUT2D eigenvalue weighted by atomic mass is 79.9. The molecule has 18 heavy (non-hydrogen) atoms. The molecule has 0 unspecified atom stereocenters. The molecule has 2 rings (SSSR count). The molecule has 1 atom stereocenters. The lowest BCUT2D eigenvalue weighted by Gasteiger charge is -2.10. The summed E-state index contributed by atoms with van der Waals surface area (Å²) >= 11 is 3.53.